The van der Waals surface area contributed by atoms with Crippen LogP contribution in [0.3, 0.4) is 0 Å². The summed E-state index contributed by atoms with van der Waals surface area (Å²) in [5, 5.41) is 7.07. The van der Waals surface area contributed by atoms with Crippen LogP contribution in [-0.2, 0) is 4.79 Å². The number of piperidine rings is 1. The predicted molar refractivity (Wildman–Crippen MR) is 126 cm³/mol. The third-order valence-corrected chi connectivity index (χ3v) is 7.03. The van der Waals surface area contributed by atoms with Crippen LogP contribution >= 0.6 is 22.7 Å². The molecule has 0 spiro atoms. The predicted octanol–water partition coefficient (Wildman–Crippen LogP) is 5.13. The van der Waals surface area contributed by atoms with Crippen LogP contribution in [0.15, 0.2) is 17.5 Å². The van der Waals surface area contributed by atoms with E-state index < -0.39 is 0 Å². The van der Waals surface area contributed by atoms with Crippen LogP contribution in [0.1, 0.15) is 58.1 Å². The molecule has 1 amide bonds. The lowest BCUT2D eigenvalue weighted by molar-refractivity contribution is -0.129. The number of amides is 1. The second-order valence-electron chi connectivity index (χ2n) is 7.71. The SMILES string of the molecule is Cc1cc(Nc2nc(C)c(C)s2)nc(C2CCCCN2C(=O)C=Cc2csc(C)n2)n1. The lowest BCUT2D eigenvalue weighted by Gasteiger charge is -2.34. The molecule has 0 saturated carbocycles. The molecule has 1 unspecified atom stereocenters. The molecule has 0 aromatic carbocycles. The highest BCUT2D eigenvalue weighted by Gasteiger charge is 2.29. The molecule has 3 aromatic rings. The van der Waals surface area contributed by atoms with Crippen LogP contribution in [-0.4, -0.2) is 37.3 Å². The molecular formula is C22H26N6OS2. The number of likely N-dealkylation sites (tertiary alicyclic amines) is 1. The lowest BCUT2D eigenvalue weighted by Crippen LogP contribution is -2.38. The molecule has 31 heavy (non-hydrogen) atoms. The fourth-order valence-corrected chi connectivity index (χ4v) is 5.02. The van der Waals surface area contributed by atoms with Gasteiger partial charge in [-0.05, 0) is 53.0 Å². The van der Waals surface area contributed by atoms with Gasteiger partial charge in [-0.25, -0.2) is 19.9 Å². The first-order valence-electron chi connectivity index (χ1n) is 10.4. The Morgan fingerprint density at radius 2 is 2.00 bits per heavy atom. The average molecular weight is 455 g/mol. The highest BCUT2D eigenvalue weighted by molar-refractivity contribution is 7.15. The van der Waals surface area contributed by atoms with Crippen LogP contribution in [0.4, 0.5) is 10.9 Å². The third kappa shape index (κ3) is 5.16. The second-order valence-corrected chi connectivity index (χ2v) is 9.97. The summed E-state index contributed by atoms with van der Waals surface area (Å²) in [6, 6.07) is 1.78. The monoisotopic (exact) mass is 454 g/mol. The number of rotatable bonds is 5. The van der Waals surface area contributed by atoms with Crippen molar-refractivity contribution < 1.29 is 4.79 Å². The number of hydrogen-bond donors (Lipinski definition) is 1. The van der Waals surface area contributed by atoms with Gasteiger partial charge >= 0.3 is 0 Å². The number of thiazole rings is 2. The summed E-state index contributed by atoms with van der Waals surface area (Å²) in [5.41, 5.74) is 2.70. The summed E-state index contributed by atoms with van der Waals surface area (Å²) >= 11 is 3.18. The van der Waals surface area contributed by atoms with E-state index in [0.717, 1.165) is 46.5 Å². The zero-order chi connectivity index (χ0) is 22.0. The number of hydrogen-bond acceptors (Lipinski definition) is 8. The first kappa shape index (κ1) is 21.6. The topological polar surface area (TPSA) is 83.9 Å². The number of aromatic nitrogens is 4. The average Bonchev–Trinajstić information content (AvgIpc) is 3.30. The van der Waals surface area contributed by atoms with Gasteiger partial charge in [-0.15, -0.1) is 22.7 Å². The minimum Gasteiger partial charge on any atom is -0.329 e. The Hall–Kier alpha value is -2.65. The van der Waals surface area contributed by atoms with Crippen molar-refractivity contribution in [2.45, 2.75) is 53.0 Å². The smallest absolute Gasteiger partial charge is 0.247 e. The van der Waals surface area contributed by atoms with Gasteiger partial charge in [-0.1, -0.05) is 0 Å². The number of anilines is 2. The summed E-state index contributed by atoms with van der Waals surface area (Å²) < 4.78 is 0. The van der Waals surface area contributed by atoms with Crippen molar-refractivity contribution in [1.29, 1.82) is 0 Å². The Morgan fingerprint density at radius 3 is 2.71 bits per heavy atom. The van der Waals surface area contributed by atoms with E-state index in [4.69, 9.17) is 4.98 Å². The second kappa shape index (κ2) is 9.23. The summed E-state index contributed by atoms with van der Waals surface area (Å²) in [4.78, 5) is 34.4. The molecule has 4 rings (SSSR count). The Bertz CT molecular complexity index is 1100. The van der Waals surface area contributed by atoms with Gasteiger partial charge in [0.2, 0.25) is 5.91 Å². The summed E-state index contributed by atoms with van der Waals surface area (Å²) in [5.74, 6) is 1.36. The standard InChI is InChI=1S/C22H26N6OS2/c1-13-11-19(27-22-24-14(2)15(3)31-22)26-21(23-13)18-7-5-6-10-28(18)20(29)9-8-17-12-30-16(4)25-17/h8-9,11-12,18H,5-7,10H2,1-4H3,(H,23,24,26,27). The molecule has 9 heteroatoms. The van der Waals surface area contributed by atoms with Crippen LogP contribution in [0, 0.1) is 27.7 Å². The van der Waals surface area contributed by atoms with Crippen molar-refractivity contribution in [1.82, 2.24) is 24.8 Å². The van der Waals surface area contributed by atoms with Gasteiger partial charge in [0.25, 0.3) is 0 Å². The van der Waals surface area contributed by atoms with E-state index in [1.165, 1.54) is 4.88 Å². The molecule has 1 aliphatic rings. The number of carbonyl (C=O) groups excluding carboxylic acids is 1. The van der Waals surface area contributed by atoms with Gasteiger partial charge < -0.3 is 10.2 Å². The Labute approximate surface area is 190 Å². The summed E-state index contributed by atoms with van der Waals surface area (Å²) in [7, 11) is 0. The van der Waals surface area contributed by atoms with E-state index in [1.807, 2.05) is 37.1 Å². The normalized spacial score (nSPS) is 16.8. The van der Waals surface area contributed by atoms with Gasteiger partial charge in [0.1, 0.15) is 5.82 Å². The largest absolute Gasteiger partial charge is 0.329 e. The van der Waals surface area contributed by atoms with Gasteiger partial charge in [-0.2, -0.15) is 0 Å². The van der Waals surface area contributed by atoms with Crippen molar-refractivity contribution >= 4 is 45.6 Å². The van der Waals surface area contributed by atoms with Crippen molar-refractivity contribution in [3.05, 3.63) is 50.3 Å². The maximum absolute atomic E-state index is 13.0. The molecule has 0 aliphatic carbocycles. The first-order chi connectivity index (χ1) is 14.9. The first-order valence-corrected chi connectivity index (χ1v) is 12.1. The van der Waals surface area contributed by atoms with Crippen LogP contribution in [0.5, 0.6) is 0 Å². The molecule has 7 nitrogen and oxygen atoms in total. The zero-order valence-corrected chi connectivity index (χ0v) is 19.8. The number of carbonyl (C=O) groups is 1. The molecule has 0 radical (unpaired) electrons. The van der Waals surface area contributed by atoms with Crippen molar-refractivity contribution in [2.24, 2.45) is 0 Å². The van der Waals surface area contributed by atoms with Gasteiger partial charge in [0.05, 0.1) is 22.4 Å². The third-order valence-electron chi connectivity index (χ3n) is 5.25. The molecule has 162 valence electrons. The molecule has 1 fully saturated rings. The quantitative estimate of drug-likeness (QED) is 0.538. The molecule has 1 aliphatic heterocycles. The van der Waals surface area contributed by atoms with Gasteiger partial charge in [0.15, 0.2) is 11.0 Å². The van der Waals surface area contributed by atoms with E-state index in [2.05, 4.69) is 27.2 Å². The number of nitrogens with one attached hydrogen (secondary N) is 1. The summed E-state index contributed by atoms with van der Waals surface area (Å²) in [6.07, 6.45) is 6.29. The molecule has 0 bridgehead atoms. The van der Waals surface area contributed by atoms with Crippen LogP contribution < -0.4 is 5.32 Å². The molecule has 1 atom stereocenters. The molecule has 1 N–H and O–H groups in total. The Morgan fingerprint density at radius 1 is 1.16 bits per heavy atom. The maximum atomic E-state index is 13.0. The minimum atomic E-state index is -0.136. The van der Waals surface area contributed by atoms with E-state index in [9.17, 15) is 4.79 Å². The fourth-order valence-electron chi connectivity index (χ4n) is 3.61. The van der Waals surface area contributed by atoms with E-state index in [1.54, 1.807) is 34.8 Å². The number of nitrogens with zero attached hydrogens (tertiary/aromatic N) is 5. The number of aryl methyl sites for hydroxylation is 4. The van der Waals surface area contributed by atoms with E-state index in [0.29, 0.717) is 18.2 Å². The lowest BCUT2D eigenvalue weighted by atomic mass is 10.0. The molecule has 3 aromatic heterocycles. The van der Waals surface area contributed by atoms with Crippen molar-refractivity contribution in [3.8, 4) is 0 Å². The highest BCUT2D eigenvalue weighted by Crippen LogP contribution is 2.31. The van der Waals surface area contributed by atoms with Crippen LogP contribution in [0.25, 0.3) is 6.08 Å². The molecule has 1 saturated heterocycles. The Kier molecular flexibility index (Phi) is 6.43. The van der Waals surface area contributed by atoms with Crippen LogP contribution in [0.2, 0.25) is 0 Å². The summed E-state index contributed by atoms with van der Waals surface area (Å²) in [6.45, 7) is 8.67. The fraction of sp³-hybridized carbons (Fsp3) is 0.409. The zero-order valence-electron chi connectivity index (χ0n) is 18.2. The Balaban J connectivity index is 1.56. The molecule has 4 heterocycles. The van der Waals surface area contributed by atoms with Crippen molar-refractivity contribution in [2.75, 3.05) is 11.9 Å². The highest BCUT2D eigenvalue weighted by atomic mass is 32.1. The van der Waals surface area contributed by atoms with E-state index in [-0.39, 0.29) is 11.9 Å². The van der Waals surface area contributed by atoms with Crippen molar-refractivity contribution in [3.63, 3.8) is 0 Å². The minimum absolute atomic E-state index is 0.0267. The van der Waals surface area contributed by atoms with Gasteiger partial charge in [0, 0.05) is 34.6 Å². The molecular weight excluding hydrogens is 428 g/mol. The van der Waals surface area contributed by atoms with E-state index >= 15 is 0 Å². The van der Waals surface area contributed by atoms with Gasteiger partial charge in [-0.3, -0.25) is 4.79 Å². The maximum Gasteiger partial charge on any atom is 0.247 e.